The number of aromatic nitrogens is 3. The minimum atomic E-state index is -0.237. The number of likely N-dealkylation sites (tertiary alicyclic amines) is 1. The fourth-order valence-corrected chi connectivity index (χ4v) is 5.29. The summed E-state index contributed by atoms with van der Waals surface area (Å²) in [5.74, 6) is 1.41. The minimum absolute atomic E-state index is 0.116. The number of rotatable bonds is 5. The van der Waals surface area contributed by atoms with Crippen LogP contribution >= 0.6 is 0 Å². The molecule has 0 radical (unpaired) electrons. The number of hydrogen-bond acceptors (Lipinski definition) is 5. The van der Waals surface area contributed by atoms with Crippen molar-refractivity contribution in [3.63, 3.8) is 0 Å². The van der Waals surface area contributed by atoms with Gasteiger partial charge in [-0.3, -0.25) is 4.90 Å². The van der Waals surface area contributed by atoms with Crippen molar-refractivity contribution < 1.29 is 4.39 Å². The summed E-state index contributed by atoms with van der Waals surface area (Å²) >= 11 is 0. The first-order chi connectivity index (χ1) is 16.1. The molecule has 2 bridgehead atoms. The van der Waals surface area contributed by atoms with Crippen LogP contribution in [0.1, 0.15) is 24.9 Å². The third-order valence-corrected chi connectivity index (χ3v) is 7.06. The van der Waals surface area contributed by atoms with Crippen molar-refractivity contribution in [3.8, 4) is 5.69 Å². The lowest BCUT2D eigenvalue weighted by molar-refractivity contribution is 0.292. The second kappa shape index (κ2) is 7.85. The molecule has 33 heavy (non-hydrogen) atoms. The molecule has 0 spiro atoms. The van der Waals surface area contributed by atoms with Gasteiger partial charge in [-0.15, -0.1) is 5.10 Å². The standard InChI is InChI=1S/C26H27FN6/c1-17(18-6-4-3-5-7-18)29-25-14-20(10-11-28-25)33-24-9-8-19(27)12-23(24)26(30-33)32-16-21-13-22(32)15-31(21)2/h3-12,14,17,21-22H,13,15-16H2,1-2H3,(H,28,29)/t17?,21?,22-/m0/s1. The van der Waals surface area contributed by atoms with Crippen LogP contribution in [0.3, 0.4) is 0 Å². The van der Waals surface area contributed by atoms with E-state index in [0.29, 0.717) is 12.1 Å². The van der Waals surface area contributed by atoms with E-state index in [4.69, 9.17) is 5.10 Å². The summed E-state index contributed by atoms with van der Waals surface area (Å²) in [6.45, 7) is 4.07. The molecule has 4 heterocycles. The largest absolute Gasteiger partial charge is 0.363 e. The monoisotopic (exact) mass is 442 g/mol. The van der Waals surface area contributed by atoms with Gasteiger partial charge in [-0.25, -0.2) is 14.1 Å². The fraction of sp³-hybridized carbons (Fsp3) is 0.308. The highest BCUT2D eigenvalue weighted by molar-refractivity contribution is 5.92. The number of hydrogen-bond donors (Lipinski definition) is 1. The van der Waals surface area contributed by atoms with Gasteiger partial charge in [0.1, 0.15) is 11.6 Å². The van der Waals surface area contributed by atoms with E-state index < -0.39 is 0 Å². The third kappa shape index (κ3) is 3.53. The minimum Gasteiger partial charge on any atom is -0.363 e. The predicted molar refractivity (Wildman–Crippen MR) is 129 cm³/mol. The Morgan fingerprint density at radius 1 is 1.03 bits per heavy atom. The SMILES string of the molecule is CC(Nc1cc(-n2nc(N3CC4C[C@H]3CN4C)c3cc(F)ccc32)ccn1)c1ccccc1. The van der Waals surface area contributed by atoms with Gasteiger partial charge in [0.05, 0.1) is 11.2 Å². The zero-order valence-corrected chi connectivity index (χ0v) is 18.8. The average molecular weight is 443 g/mol. The van der Waals surface area contributed by atoms with E-state index in [1.807, 2.05) is 41.1 Å². The van der Waals surface area contributed by atoms with Crippen molar-refractivity contribution >= 4 is 22.5 Å². The maximum atomic E-state index is 14.3. The molecule has 4 aromatic rings. The summed E-state index contributed by atoms with van der Waals surface area (Å²) < 4.78 is 16.2. The summed E-state index contributed by atoms with van der Waals surface area (Å²) in [6, 6.07) is 20.3. The molecule has 6 rings (SSSR count). The molecule has 3 atom stereocenters. The Kier molecular flexibility index (Phi) is 4.80. The van der Waals surface area contributed by atoms with Gasteiger partial charge in [0.15, 0.2) is 5.82 Å². The molecular weight excluding hydrogens is 415 g/mol. The molecule has 2 aromatic carbocycles. The smallest absolute Gasteiger partial charge is 0.159 e. The molecule has 1 N–H and O–H groups in total. The first-order valence-electron chi connectivity index (χ1n) is 11.5. The van der Waals surface area contributed by atoms with Crippen molar-refractivity contribution in [1.82, 2.24) is 19.7 Å². The molecule has 0 saturated carbocycles. The number of nitrogens with zero attached hydrogens (tertiary/aromatic N) is 5. The lowest BCUT2D eigenvalue weighted by Gasteiger charge is -2.32. The van der Waals surface area contributed by atoms with Crippen molar-refractivity contribution in [3.05, 3.63) is 78.2 Å². The highest BCUT2D eigenvalue weighted by atomic mass is 19.1. The molecule has 2 saturated heterocycles. The van der Waals surface area contributed by atoms with Crippen LogP contribution in [0.2, 0.25) is 0 Å². The van der Waals surface area contributed by atoms with E-state index in [9.17, 15) is 4.39 Å². The molecular formula is C26H27FN6. The van der Waals surface area contributed by atoms with Crippen LogP contribution in [0, 0.1) is 5.82 Å². The van der Waals surface area contributed by atoms with Gasteiger partial charge in [0.2, 0.25) is 0 Å². The van der Waals surface area contributed by atoms with Crippen LogP contribution in [0.15, 0.2) is 66.9 Å². The van der Waals surface area contributed by atoms with Gasteiger partial charge in [-0.05, 0) is 50.2 Å². The molecule has 0 amide bonds. The van der Waals surface area contributed by atoms with Crippen LogP contribution in [0.25, 0.3) is 16.6 Å². The van der Waals surface area contributed by atoms with Gasteiger partial charge in [-0.1, -0.05) is 30.3 Å². The molecule has 2 unspecified atom stereocenters. The lowest BCUT2D eigenvalue weighted by atomic mass is 10.1. The number of fused-ring (bicyclic) bond motifs is 3. The summed E-state index contributed by atoms with van der Waals surface area (Å²) in [4.78, 5) is 9.29. The summed E-state index contributed by atoms with van der Waals surface area (Å²) in [5.41, 5.74) is 2.99. The first kappa shape index (κ1) is 20.2. The highest BCUT2D eigenvalue weighted by Crippen LogP contribution is 2.37. The highest BCUT2D eigenvalue weighted by Gasteiger charge is 2.43. The van der Waals surface area contributed by atoms with Crippen LogP contribution in [0.5, 0.6) is 0 Å². The maximum Gasteiger partial charge on any atom is 0.159 e. The van der Waals surface area contributed by atoms with Crippen LogP contribution in [-0.4, -0.2) is 51.9 Å². The van der Waals surface area contributed by atoms with E-state index in [1.165, 1.54) is 11.6 Å². The van der Waals surface area contributed by atoms with E-state index in [-0.39, 0.29) is 11.9 Å². The zero-order valence-electron chi connectivity index (χ0n) is 18.8. The fourth-order valence-electron chi connectivity index (χ4n) is 5.29. The van der Waals surface area contributed by atoms with Gasteiger partial charge in [0, 0.05) is 48.9 Å². The van der Waals surface area contributed by atoms with Crippen LogP contribution < -0.4 is 10.2 Å². The molecule has 2 aliphatic rings. The second-order valence-corrected chi connectivity index (χ2v) is 9.21. The molecule has 0 aliphatic carbocycles. The molecule has 2 aliphatic heterocycles. The number of benzene rings is 2. The first-order valence-corrected chi connectivity index (χ1v) is 11.5. The topological polar surface area (TPSA) is 49.2 Å². The molecule has 168 valence electrons. The van der Waals surface area contributed by atoms with Crippen LogP contribution in [0.4, 0.5) is 16.0 Å². The number of halogens is 1. The summed E-state index contributed by atoms with van der Waals surface area (Å²) in [7, 11) is 2.18. The lowest BCUT2D eigenvalue weighted by Crippen LogP contribution is -2.44. The van der Waals surface area contributed by atoms with Gasteiger partial charge in [-0.2, -0.15) is 0 Å². The third-order valence-electron chi connectivity index (χ3n) is 7.06. The average Bonchev–Trinajstić information content (AvgIpc) is 3.51. The summed E-state index contributed by atoms with van der Waals surface area (Å²) in [6.07, 6.45) is 2.93. The molecule has 2 aromatic heterocycles. The van der Waals surface area contributed by atoms with Gasteiger partial charge in [0.25, 0.3) is 0 Å². The normalized spacial score (nSPS) is 21.1. The quantitative estimate of drug-likeness (QED) is 0.489. The number of nitrogens with one attached hydrogen (secondary N) is 1. The number of anilines is 2. The van der Waals surface area contributed by atoms with E-state index in [2.05, 4.69) is 46.2 Å². The van der Waals surface area contributed by atoms with Crippen molar-refractivity contribution in [2.24, 2.45) is 0 Å². The van der Waals surface area contributed by atoms with E-state index in [0.717, 1.165) is 47.7 Å². The number of piperazine rings is 1. The number of pyridine rings is 1. The second-order valence-electron chi connectivity index (χ2n) is 9.21. The molecule has 2 fully saturated rings. The molecule has 7 heteroatoms. The summed E-state index contributed by atoms with van der Waals surface area (Å²) in [5, 5.41) is 9.35. The Morgan fingerprint density at radius 2 is 1.88 bits per heavy atom. The van der Waals surface area contributed by atoms with Crippen LogP contribution in [-0.2, 0) is 0 Å². The zero-order chi connectivity index (χ0) is 22.5. The Labute approximate surface area is 192 Å². The van der Waals surface area contributed by atoms with Gasteiger partial charge >= 0.3 is 0 Å². The Bertz CT molecular complexity index is 1300. The Balaban J connectivity index is 1.37. The Morgan fingerprint density at radius 3 is 2.64 bits per heavy atom. The van der Waals surface area contributed by atoms with Gasteiger partial charge < -0.3 is 10.2 Å². The van der Waals surface area contributed by atoms with E-state index in [1.54, 1.807) is 12.3 Å². The predicted octanol–water partition coefficient (Wildman–Crippen LogP) is 4.63. The molecule has 6 nitrogen and oxygen atoms in total. The van der Waals surface area contributed by atoms with Crippen molar-refractivity contribution in [2.75, 3.05) is 30.4 Å². The van der Waals surface area contributed by atoms with Crippen molar-refractivity contribution in [2.45, 2.75) is 31.5 Å². The Hall–Kier alpha value is -3.45. The number of likely N-dealkylation sites (N-methyl/N-ethyl adjacent to an activating group) is 1. The van der Waals surface area contributed by atoms with E-state index >= 15 is 0 Å². The maximum absolute atomic E-state index is 14.3. The van der Waals surface area contributed by atoms with Crippen molar-refractivity contribution in [1.29, 1.82) is 0 Å².